The Labute approximate surface area is 115 Å². The van der Waals surface area contributed by atoms with Crippen LogP contribution >= 0.6 is 0 Å². The Morgan fingerprint density at radius 2 is 1.79 bits per heavy atom. The van der Waals surface area contributed by atoms with Gasteiger partial charge in [0.15, 0.2) is 0 Å². The van der Waals surface area contributed by atoms with Crippen LogP contribution in [-0.4, -0.2) is 22.4 Å². The number of amides is 1. The van der Waals surface area contributed by atoms with Crippen LogP contribution < -0.4 is 5.73 Å². The third-order valence-electron chi connectivity index (χ3n) is 3.79. The number of hydrogen-bond acceptors (Lipinski definition) is 2. The molecule has 0 spiro atoms. The van der Waals surface area contributed by atoms with Gasteiger partial charge in [0, 0.05) is 18.0 Å². The monoisotopic (exact) mass is 260 g/mol. The summed E-state index contributed by atoms with van der Waals surface area (Å²) in [6.45, 7) is 8.29. The van der Waals surface area contributed by atoms with E-state index < -0.39 is 0 Å². The Hall–Kier alpha value is -1.35. The maximum atomic E-state index is 12.3. The molecule has 2 rings (SSSR count). The van der Waals surface area contributed by atoms with Crippen molar-refractivity contribution < 1.29 is 4.79 Å². The minimum absolute atomic E-state index is 0.0122. The van der Waals surface area contributed by atoms with Gasteiger partial charge in [-0.3, -0.25) is 4.79 Å². The van der Waals surface area contributed by atoms with Gasteiger partial charge in [-0.2, -0.15) is 0 Å². The lowest BCUT2D eigenvalue weighted by Gasteiger charge is -2.47. The first-order valence-corrected chi connectivity index (χ1v) is 6.95. The number of carbonyl (C=O) groups is 1. The second-order valence-corrected chi connectivity index (χ2v) is 6.49. The van der Waals surface area contributed by atoms with Gasteiger partial charge in [0.1, 0.15) is 0 Å². The molecule has 2 unspecified atom stereocenters. The predicted octanol–water partition coefficient (Wildman–Crippen LogP) is 2.78. The zero-order valence-electron chi connectivity index (χ0n) is 12.3. The molecule has 0 bridgehead atoms. The molecule has 1 saturated heterocycles. The van der Waals surface area contributed by atoms with Gasteiger partial charge in [0.05, 0.1) is 6.04 Å². The largest absolute Gasteiger partial charge is 0.329 e. The lowest BCUT2D eigenvalue weighted by Crippen LogP contribution is -2.56. The minimum atomic E-state index is -0.204. The highest BCUT2D eigenvalue weighted by Crippen LogP contribution is 2.36. The molecular formula is C16H24N2O. The molecule has 1 amide bonds. The minimum Gasteiger partial charge on any atom is -0.329 e. The number of rotatable bonds is 1. The number of carbonyl (C=O) groups excluding carboxylic acids is 1. The SMILES string of the molecule is Cc1ccc(C2C(N)CCC(=O)N2C(C)(C)C)cc1. The van der Waals surface area contributed by atoms with Gasteiger partial charge in [0.25, 0.3) is 0 Å². The van der Waals surface area contributed by atoms with E-state index in [1.54, 1.807) is 0 Å². The summed E-state index contributed by atoms with van der Waals surface area (Å²) in [7, 11) is 0. The standard InChI is InChI=1S/C16H24N2O/c1-11-5-7-12(8-6-11)15-13(17)9-10-14(19)18(15)16(2,3)4/h5-8,13,15H,9-10,17H2,1-4H3. The fourth-order valence-corrected chi connectivity index (χ4v) is 2.87. The Balaban J connectivity index is 2.42. The van der Waals surface area contributed by atoms with E-state index in [2.05, 4.69) is 52.0 Å². The van der Waals surface area contributed by atoms with Crippen molar-refractivity contribution in [1.29, 1.82) is 0 Å². The van der Waals surface area contributed by atoms with Crippen molar-refractivity contribution in [1.82, 2.24) is 4.90 Å². The van der Waals surface area contributed by atoms with E-state index in [1.807, 2.05) is 4.90 Å². The number of nitrogens with two attached hydrogens (primary N) is 1. The molecule has 3 nitrogen and oxygen atoms in total. The van der Waals surface area contributed by atoms with Crippen LogP contribution in [0.25, 0.3) is 0 Å². The molecule has 3 heteroatoms. The molecule has 1 heterocycles. The summed E-state index contributed by atoms with van der Waals surface area (Å²) in [4.78, 5) is 14.3. The smallest absolute Gasteiger partial charge is 0.223 e. The molecule has 0 aliphatic carbocycles. The molecule has 0 saturated carbocycles. The molecule has 2 N–H and O–H groups in total. The average molecular weight is 260 g/mol. The van der Waals surface area contributed by atoms with E-state index in [9.17, 15) is 4.79 Å². The van der Waals surface area contributed by atoms with Crippen molar-refractivity contribution in [2.24, 2.45) is 5.73 Å². The van der Waals surface area contributed by atoms with Crippen LogP contribution in [0.2, 0.25) is 0 Å². The third kappa shape index (κ3) is 2.81. The normalized spacial score (nSPS) is 24.7. The lowest BCUT2D eigenvalue weighted by molar-refractivity contribution is -0.144. The average Bonchev–Trinajstić information content (AvgIpc) is 2.31. The molecule has 2 atom stereocenters. The quantitative estimate of drug-likeness (QED) is 0.844. The van der Waals surface area contributed by atoms with Crippen molar-refractivity contribution in [2.45, 2.75) is 58.2 Å². The Morgan fingerprint density at radius 1 is 1.21 bits per heavy atom. The summed E-state index contributed by atoms with van der Waals surface area (Å²) in [6.07, 6.45) is 1.32. The topological polar surface area (TPSA) is 46.3 Å². The van der Waals surface area contributed by atoms with Crippen LogP contribution in [0.5, 0.6) is 0 Å². The maximum absolute atomic E-state index is 12.3. The van der Waals surface area contributed by atoms with E-state index in [0.717, 1.165) is 12.0 Å². The van der Waals surface area contributed by atoms with E-state index in [-0.39, 0.29) is 23.5 Å². The van der Waals surface area contributed by atoms with Gasteiger partial charge in [-0.1, -0.05) is 29.8 Å². The zero-order chi connectivity index (χ0) is 14.2. The van der Waals surface area contributed by atoms with Gasteiger partial charge in [-0.15, -0.1) is 0 Å². The number of likely N-dealkylation sites (tertiary alicyclic amines) is 1. The van der Waals surface area contributed by atoms with E-state index in [1.165, 1.54) is 5.56 Å². The third-order valence-corrected chi connectivity index (χ3v) is 3.79. The second-order valence-electron chi connectivity index (χ2n) is 6.49. The van der Waals surface area contributed by atoms with Crippen LogP contribution in [0.15, 0.2) is 24.3 Å². The first-order valence-electron chi connectivity index (χ1n) is 6.95. The molecule has 104 valence electrons. The van der Waals surface area contributed by atoms with Gasteiger partial charge >= 0.3 is 0 Å². The number of nitrogens with zero attached hydrogens (tertiary/aromatic N) is 1. The summed E-state index contributed by atoms with van der Waals surface area (Å²) < 4.78 is 0. The summed E-state index contributed by atoms with van der Waals surface area (Å²) in [6, 6.07) is 8.36. The summed E-state index contributed by atoms with van der Waals surface area (Å²) in [5.74, 6) is 0.208. The fraction of sp³-hybridized carbons (Fsp3) is 0.562. The van der Waals surface area contributed by atoms with Crippen LogP contribution in [0.1, 0.15) is 50.8 Å². The highest BCUT2D eigenvalue weighted by atomic mass is 16.2. The van der Waals surface area contributed by atoms with Crippen LogP contribution in [0.4, 0.5) is 0 Å². The van der Waals surface area contributed by atoms with Gasteiger partial charge in [-0.05, 0) is 39.7 Å². The van der Waals surface area contributed by atoms with Crippen LogP contribution in [0.3, 0.4) is 0 Å². The molecular weight excluding hydrogens is 236 g/mol. The van der Waals surface area contributed by atoms with Crippen molar-refractivity contribution in [3.05, 3.63) is 35.4 Å². The second kappa shape index (κ2) is 4.97. The van der Waals surface area contributed by atoms with E-state index in [4.69, 9.17) is 5.73 Å². The van der Waals surface area contributed by atoms with Gasteiger partial charge in [0.2, 0.25) is 5.91 Å². The zero-order valence-corrected chi connectivity index (χ0v) is 12.3. The van der Waals surface area contributed by atoms with Crippen molar-refractivity contribution in [2.75, 3.05) is 0 Å². The Bertz CT molecular complexity index is 459. The first kappa shape index (κ1) is 14.1. The van der Waals surface area contributed by atoms with Gasteiger partial charge in [-0.25, -0.2) is 0 Å². The summed E-state index contributed by atoms with van der Waals surface area (Å²) in [5.41, 5.74) is 8.46. The fourth-order valence-electron chi connectivity index (χ4n) is 2.87. The lowest BCUT2D eigenvalue weighted by atomic mass is 9.86. The molecule has 1 aromatic rings. The molecule has 0 aromatic heterocycles. The molecule has 1 fully saturated rings. The summed E-state index contributed by atoms with van der Waals surface area (Å²) in [5, 5.41) is 0. The van der Waals surface area contributed by atoms with E-state index in [0.29, 0.717) is 6.42 Å². The van der Waals surface area contributed by atoms with Crippen LogP contribution in [-0.2, 0) is 4.79 Å². The maximum Gasteiger partial charge on any atom is 0.223 e. The number of aryl methyl sites for hydroxylation is 1. The molecule has 0 radical (unpaired) electrons. The highest BCUT2D eigenvalue weighted by Gasteiger charge is 2.40. The Morgan fingerprint density at radius 3 is 2.32 bits per heavy atom. The Kier molecular flexibility index (Phi) is 3.68. The molecule has 1 aliphatic heterocycles. The van der Waals surface area contributed by atoms with Crippen molar-refractivity contribution in [3.63, 3.8) is 0 Å². The molecule has 1 aliphatic rings. The van der Waals surface area contributed by atoms with Crippen molar-refractivity contribution >= 4 is 5.91 Å². The predicted molar refractivity (Wildman–Crippen MR) is 77.7 cm³/mol. The first-order chi connectivity index (χ1) is 8.80. The van der Waals surface area contributed by atoms with Crippen molar-refractivity contribution in [3.8, 4) is 0 Å². The van der Waals surface area contributed by atoms with Gasteiger partial charge < -0.3 is 10.6 Å². The number of hydrogen-bond donors (Lipinski definition) is 1. The van der Waals surface area contributed by atoms with E-state index >= 15 is 0 Å². The molecule has 19 heavy (non-hydrogen) atoms. The number of piperidine rings is 1. The summed E-state index contributed by atoms with van der Waals surface area (Å²) >= 11 is 0. The van der Waals surface area contributed by atoms with Crippen LogP contribution in [0, 0.1) is 6.92 Å². The molecule has 1 aromatic carbocycles. The number of benzene rings is 1. The highest BCUT2D eigenvalue weighted by molar-refractivity contribution is 5.78.